The fourth-order valence-corrected chi connectivity index (χ4v) is 2.13. The van der Waals surface area contributed by atoms with E-state index in [0.717, 1.165) is 16.7 Å². The van der Waals surface area contributed by atoms with Gasteiger partial charge in [0.25, 0.3) is 5.69 Å². The summed E-state index contributed by atoms with van der Waals surface area (Å²) in [6.45, 7) is 7.72. The number of nitro benzene ring substituents is 1. The largest absolute Gasteiger partial charge is 0.487 e. The van der Waals surface area contributed by atoms with E-state index in [1.807, 2.05) is 27.7 Å². The van der Waals surface area contributed by atoms with Gasteiger partial charge in [-0.25, -0.2) is 0 Å². The van der Waals surface area contributed by atoms with Crippen molar-refractivity contribution in [3.63, 3.8) is 0 Å². The van der Waals surface area contributed by atoms with Gasteiger partial charge in [0, 0.05) is 12.5 Å². The maximum atomic E-state index is 11.0. The zero-order valence-corrected chi connectivity index (χ0v) is 9.96. The number of hydrogen-bond acceptors (Lipinski definition) is 3. The van der Waals surface area contributed by atoms with E-state index >= 15 is 0 Å². The summed E-state index contributed by atoms with van der Waals surface area (Å²) >= 11 is 0. The third-order valence-electron chi connectivity index (χ3n) is 3.05. The minimum atomic E-state index is -0.342. The molecule has 0 aliphatic carbocycles. The Morgan fingerprint density at radius 3 is 2.62 bits per heavy atom. The van der Waals surface area contributed by atoms with Crippen LogP contribution >= 0.6 is 0 Å². The molecule has 0 unspecified atom stereocenters. The lowest BCUT2D eigenvalue weighted by molar-refractivity contribution is -0.385. The van der Waals surface area contributed by atoms with Crippen LogP contribution in [0.25, 0.3) is 0 Å². The number of hydrogen-bond donors (Lipinski definition) is 0. The number of nitro groups is 1. The van der Waals surface area contributed by atoms with Crippen molar-refractivity contribution in [2.24, 2.45) is 0 Å². The van der Waals surface area contributed by atoms with Gasteiger partial charge in [-0.05, 0) is 38.8 Å². The van der Waals surface area contributed by atoms with Crippen LogP contribution in [0, 0.1) is 24.0 Å². The Hall–Kier alpha value is -1.58. The molecule has 0 saturated carbocycles. The Bertz CT molecular complexity index is 478. The summed E-state index contributed by atoms with van der Waals surface area (Å²) in [5.74, 6) is 0.705. The molecule has 4 heteroatoms. The van der Waals surface area contributed by atoms with Gasteiger partial charge in [0.05, 0.1) is 10.5 Å². The highest BCUT2D eigenvalue weighted by atomic mass is 16.6. The lowest BCUT2D eigenvalue weighted by atomic mass is 9.97. The van der Waals surface area contributed by atoms with E-state index in [9.17, 15) is 10.1 Å². The molecule has 0 radical (unpaired) electrons. The van der Waals surface area contributed by atoms with Gasteiger partial charge in [0.15, 0.2) is 0 Å². The van der Waals surface area contributed by atoms with Crippen LogP contribution in [-0.2, 0) is 6.42 Å². The fourth-order valence-electron chi connectivity index (χ4n) is 2.13. The topological polar surface area (TPSA) is 52.4 Å². The Labute approximate surface area is 94.4 Å². The lowest BCUT2D eigenvalue weighted by Crippen LogP contribution is -2.24. The van der Waals surface area contributed by atoms with Gasteiger partial charge in [0.1, 0.15) is 11.4 Å². The Balaban J connectivity index is 2.67. The van der Waals surface area contributed by atoms with Crippen molar-refractivity contribution in [2.45, 2.75) is 39.7 Å². The smallest absolute Gasteiger partial charge is 0.276 e. The molecule has 0 spiro atoms. The summed E-state index contributed by atoms with van der Waals surface area (Å²) in [4.78, 5) is 10.7. The van der Waals surface area contributed by atoms with Crippen LogP contribution in [0.3, 0.4) is 0 Å². The molecule has 0 N–H and O–H groups in total. The van der Waals surface area contributed by atoms with Crippen molar-refractivity contribution in [3.05, 3.63) is 32.9 Å². The minimum Gasteiger partial charge on any atom is -0.487 e. The molecule has 1 heterocycles. The van der Waals surface area contributed by atoms with E-state index in [0.29, 0.717) is 12.2 Å². The van der Waals surface area contributed by atoms with Gasteiger partial charge in [0.2, 0.25) is 0 Å². The average molecular weight is 221 g/mol. The molecular weight excluding hydrogens is 206 g/mol. The molecule has 1 aromatic carbocycles. The van der Waals surface area contributed by atoms with Crippen LogP contribution in [0.1, 0.15) is 30.5 Å². The van der Waals surface area contributed by atoms with Gasteiger partial charge in [-0.3, -0.25) is 10.1 Å². The normalized spacial score (nSPS) is 16.8. The van der Waals surface area contributed by atoms with Gasteiger partial charge < -0.3 is 4.74 Å². The van der Waals surface area contributed by atoms with Crippen molar-refractivity contribution in [1.29, 1.82) is 0 Å². The number of rotatable bonds is 1. The Morgan fingerprint density at radius 2 is 2.06 bits per heavy atom. The minimum absolute atomic E-state index is 0.184. The quantitative estimate of drug-likeness (QED) is 0.541. The van der Waals surface area contributed by atoms with E-state index in [2.05, 4.69) is 0 Å². The van der Waals surface area contributed by atoms with Crippen LogP contribution in [-0.4, -0.2) is 10.5 Å². The molecule has 0 atom stereocenters. The molecule has 2 rings (SSSR count). The number of nitrogens with zero attached hydrogens (tertiary/aromatic N) is 1. The molecule has 4 nitrogen and oxygen atoms in total. The molecular formula is C12H15NO3. The number of ether oxygens (including phenoxy) is 1. The van der Waals surface area contributed by atoms with E-state index in [1.54, 1.807) is 6.07 Å². The van der Waals surface area contributed by atoms with Crippen molar-refractivity contribution in [3.8, 4) is 5.75 Å². The van der Waals surface area contributed by atoms with Crippen LogP contribution in [0.4, 0.5) is 5.69 Å². The second kappa shape index (κ2) is 3.20. The highest BCUT2D eigenvalue weighted by Gasteiger charge is 2.37. The molecule has 86 valence electrons. The number of benzene rings is 1. The standard InChI is InChI=1S/C12H15NO3/c1-7-5-10(13(14)15)9-6-12(3,4)16-11(9)8(7)2/h5H,6H2,1-4H3. The maximum absolute atomic E-state index is 11.0. The second-order valence-corrected chi connectivity index (χ2v) is 4.94. The first kappa shape index (κ1) is 10.9. The zero-order valence-electron chi connectivity index (χ0n) is 9.96. The first-order valence-electron chi connectivity index (χ1n) is 5.28. The van der Waals surface area contributed by atoms with E-state index in [-0.39, 0.29) is 16.2 Å². The molecule has 16 heavy (non-hydrogen) atoms. The monoisotopic (exact) mass is 221 g/mol. The summed E-state index contributed by atoms with van der Waals surface area (Å²) in [5.41, 5.74) is 2.49. The van der Waals surface area contributed by atoms with Crippen LogP contribution in [0.5, 0.6) is 5.75 Å². The van der Waals surface area contributed by atoms with Gasteiger partial charge in [-0.1, -0.05) is 0 Å². The highest BCUT2D eigenvalue weighted by Crippen LogP contribution is 2.43. The highest BCUT2D eigenvalue weighted by molar-refractivity contribution is 5.59. The second-order valence-electron chi connectivity index (χ2n) is 4.94. The Kier molecular flexibility index (Phi) is 2.19. The predicted molar refractivity (Wildman–Crippen MR) is 61.0 cm³/mol. The van der Waals surface area contributed by atoms with E-state index in [4.69, 9.17) is 4.74 Å². The van der Waals surface area contributed by atoms with E-state index in [1.165, 1.54) is 0 Å². The van der Waals surface area contributed by atoms with E-state index < -0.39 is 0 Å². The van der Waals surface area contributed by atoms with Crippen LogP contribution < -0.4 is 4.74 Å². The summed E-state index contributed by atoms with van der Waals surface area (Å²) in [5, 5.41) is 11.0. The summed E-state index contributed by atoms with van der Waals surface area (Å²) in [6, 6.07) is 1.64. The molecule has 0 bridgehead atoms. The lowest BCUT2D eigenvalue weighted by Gasteiger charge is -2.17. The molecule has 1 aromatic rings. The fraction of sp³-hybridized carbons (Fsp3) is 0.500. The first-order chi connectivity index (χ1) is 7.32. The average Bonchev–Trinajstić information content (AvgIpc) is 2.47. The van der Waals surface area contributed by atoms with Crippen LogP contribution in [0.2, 0.25) is 0 Å². The SMILES string of the molecule is Cc1cc([N+](=O)[O-])c2c(c1C)OC(C)(C)C2. The summed E-state index contributed by atoms with van der Waals surface area (Å²) in [6.07, 6.45) is 0.597. The molecule has 0 aromatic heterocycles. The van der Waals surface area contributed by atoms with Crippen molar-refractivity contribution in [2.75, 3.05) is 0 Å². The molecule has 1 aliphatic heterocycles. The summed E-state index contributed by atoms with van der Waals surface area (Å²) < 4.78 is 5.79. The molecule has 0 saturated heterocycles. The van der Waals surface area contributed by atoms with Gasteiger partial charge in [-0.15, -0.1) is 0 Å². The maximum Gasteiger partial charge on any atom is 0.276 e. The van der Waals surface area contributed by atoms with Crippen molar-refractivity contribution in [1.82, 2.24) is 0 Å². The molecule has 1 aliphatic rings. The number of fused-ring (bicyclic) bond motifs is 1. The third-order valence-corrected chi connectivity index (χ3v) is 3.05. The van der Waals surface area contributed by atoms with Gasteiger partial charge >= 0.3 is 0 Å². The zero-order chi connectivity index (χ0) is 12.1. The first-order valence-corrected chi connectivity index (χ1v) is 5.28. The number of aryl methyl sites for hydroxylation is 1. The third kappa shape index (κ3) is 1.54. The molecule has 0 amide bonds. The van der Waals surface area contributed by atoms with Gasteiger partial charge in [-0.2, -0.15) is 0 Å². The summed E-state index contributed by atoms with van der Waals surface area (Å²) in [7, 11) is 0. The Morgan fingerprint density at radius 1 is 1.44 bits per heavy atom. The van der Waals surface area contributed by atoms with Crippen molar-refractivity contribution < 1.29 is 9.66 Å². The predicted octanol–water partition coefficient (Wildman–Crippen LogP) is 2.93. The molecule has 0 fully saturated rings. The van der Waals surface area contributed by atoms with Crippen LogP contribution in [0.15, 0.2) is 6.07 Å². The van der Waals surface area contributed by atoms with Crippen molar-refractivity contribution >= 4 is 5.69 Å².